The second-order valence-corrected chi connectivity index (χ2v) is 5.69. The number of nitrogens with one attached hydrogen (secondary N) is 1. The topological polar surface area (TPSA) is 34.1 Å². The van der Waals surface area contributed by atoms with E-state index in [0.717, 1.165) is 24.0 Å². The number of halogens is 3. The highest BCUT2D eigenvalue weighted by Gasteiger charge is 2.41. The molecule has 0 atom stereocenters. The number of rotatable bonds is 5. The third kappa shape index (κ3) is 3.69. The summed E-state index contributed by atoms with van der Waals surface area (Å²) in [5.74, 6) is 0.389. The Balaban J connectivity index is 0.00000176. The Hall–Kier alpha value is -1.36. The van der Waals surface area contributed by atoms with Gasteiger partial charge in [-0.15, -0.1) is 12.4 Å². The summed E-state index contributed by atoms with van der Waals surface area (Å²) in [6.45, 7) is 0.607. The maximum atomic E-state index is 13.0. The third-order valence-corrected chi connectivity index (χ3v) is 4.17. The van der Waals surface area contributed by atoms with Crippen molar-refractivity contribution < 1.29 is 9.13 Å². The molecule has 1 saturated carbocycles. The summed E-state index contributed by atoms with van der Waals surface area (Å²) in [5, 5.41) is 3.65. The lowest BCUT2D eigenvalue weighted by Crippen LogP contribution is -2.33. The van der Waals surface area contributed by atoms with E-state index in [1.807, 2.05) is 13.1 Å². The Bertz CT molecular complexity index is 645. The molecule has 118 valence electrons. The van der Waals surface area contributed by atoms with Gasteiger partial charge in [-0.3, -0.25) is 0 Å². The number of likely N-dealkylation sites (N-methyl/N-ethyl adjacent to an activating group) is 1. The molecule has 6 heteroatoms. The van der Waals surface area contributed by atoms with E-state index in [4.69, 9.17) is 16.3 Å². The maximum absolute atomic E-state index is 13.0. The van der Waals surface area contributed by atoms with Gasteiger partial charge in [0.1, 0.15) is 23.3 Å². The van der Waals surface area contributed by atoms with Crippen molar-refractivity contribution >= 4 is 24.0 Å². The van der Waals surface area contributed by atoms with E-state index in [0.29, 0.717) is 17.5 Å². The normalized spacial score (nSPS) is 15.0. The highest BCUT2D eigenvalue weighted by atomic mass is 35.5. The van der Waals surface area contributed by atoms with Crippen LogP contribution in [0.25, 0.3) is 11.1 Å². The third-order valence-electron chi connectivity index (χ3n) is 3.87. The summed E-state index contributed by atoms with van der Waals surface area (Å²) < 4.78 is 18.8. The predicted octanol–water partition coefficient (Wildman–Crippen LogP) is 4.09. The summed E-state index contributed by atoms with van der Waals surface area (Å²) >= 11 is 6.13. The Kier molecular flexibility index (Phi) is 5.27. The van der Waals surface area contributed by atoms with E-state index >= 15 is 0 Å². The van der Waals surface area contributed by atoms with Crippen molar-refractivity contribution in [3.05, 3.63) is 47.5 Å². The molecule has 0 radical (unpaired) electrons. The minimum absolute atomic E-state index is 0. The van der Waals surface area contributed by atoms with E-state index in [1.54, 1.807) is 18.3 Å². The molecule has 1 aliphatic rings. The van der Waals surface area contributed by atoms with Crippen LogP contribution in [0.3, 0.4) is 0 Å². The standard InChI is InChI=1S/C16H16ClFN2O.ClH/c1-19-16(6-7-16)10-21-13-8-14(15(17)20-9-13)11-2-4-12(18)5-3-11;/h2-5,8-9,19H,6-7,10H2,1H3;1H. The molecule has 0 bridgehead atoms. The molecule has 0 unspecified atom stereocenters. The molecule has 0 saturated heterocycles. The van der Waals surface area contributed by atoms with Crippen molar-refractivity contribution in [2.75, 3.05) is 13.7 Å². The highest BCUT2D eigenvalue weighted by molar-refractivity contribution is 6.32. The van der Waals surface area contributed by atoms with Crippen LogP contribution >= 0.6 is 24.0 Å². The monoisotopic (exact) mass is 342 g/mol. The largest absolute Gasteiger partial charge is 0.490 e. The van der Waals surface area contributed by atoms with Gasteiger partial charge in [-0.2, -0.15) is 0 Å². The van der Waals surface area contributed by atoms with E-state index in [9.17, 15) is 4.39 Å². The first-order valence-electron chi connectivity index (χ1n) is 6.85. The number of hydrogen-bond donors (Lipinski definition) is 1. The van der Waals surface area contributed by atoms with Crippen LogP contribution in [0, 0.1) is 5.82 Å². The van der Waals surface area contributed by atoms with Gasteiger partial charge in [0.25, 0.3) is 0 Å². The average molecular weight is 343 g/mol. The van der Waals surface area contributed by atoms with Crippen LogP contribution in [0.2, 0.25) is 5.15 Å². The van der Waals surface area contributed by atoms with Gasteiger partial charge in [0.15, 0.2) is 0 Å². The van der Waals surface area contributed by atoms with Crippen molar-refractivity contribution in [1.29, 1.82) is 0 Å². The number of nitrogens with zero attached hydrogens (tertiary/aromatic N) is 1. The highest BCUT2D eigenvalue weighted by Crippen LogP contribution is 2.36. The molecule has 1 aromatic heterocycles. The van der Waals surface area contributed by atoms with Crippen LogP contribution in [0.4, 0.5) is 4.39 Å². The van der Waals surface area contributed by atoms with Crippen molar-refractivity contribution in [1.82, 2.24) is 10.3 Å². The minimum atomic E-state index is -0.278. The second-order valence-electron chi connectivity index (χ2n) is 5.34. The lowest BCUT2D eigenvalue weighted by atomic mass is 10.1. The summed E-state index contributed by atoms with van der Waals surface area (Å²) in [4.78, 5) is 4.15. The van der Waals surface area contributed by atoms with Crippen LogP contribution < -0.4 is 10.1 Å². The van der Waals surface area contributed by atoms with Gasteiger partial charge < -0.3 is 10.1 Å². The Morgan fingerprint density at radius 1 is 1.32 bits per heavy atom. The van der Waals surface area contributed by atoms with Gasteiger partial charge >= 0.3 is 0 Å². The molecular formula is C16H17Cl2FN2O. The zero-order valence-corrected chi connectivity index (χ0v) is 13.7. The molecule has 1 fully saturated rings. The summed E-state index contributed by atoms with van der Waals surface area (Å²) in [5.41, 5.74) is 1.66. The number of hydrogen-bond acceptors (Lipinski definition) is 3. The van der Waals surface area contributed by atoms with Crippen LogP contribution in [-0.2, 0) is 0 Å². The molecule has 1 N–H and O–H groups in total. The van der Waals surface area contributed by atoms with E-state index in [-0.39, 0.29) is 23.8 Å². The molecular weight excluding hydrogens is 326 g/mol. The molecule has 0 aliphatic heterocycles. The zero-order valence-electron chi connectivity index (χ0n) is 12.1. The zero-order chi connectivity index (χ0) is 14.9. The second kappa shape index (κ2) is 6.82. The van der Waals surface area contributed by atoms with Gasteiger partial charge in [0.05, 0.1) is 11.7 Å². The first-order valence-corrected chi connectivity index (χ1v) is 7.23. The minimum Gasteiger partial charge on any atom is -0.490 e. The van der Waals surface area contributed by atoms with Crippen LogP contribution in [0.15, 0.2) is 36.5 Å². The Morgan fingerprint density at radius 3 is 2.59 bits per heavy atom. The molecule has 0 amide bonds. The van der Waals surface area contributed by atoms with Gasteiger partial charge in [-0.25, -0.2) is 9.37 Å². The van der Waals surface area contributed by atoms with Crippen molar-refractivity contribution in [3.63, 3.8) is 0 Å². The maximum Gasteiger partial charge on any atom is 0.138 e. The van der Waals surface area contributed by atoms with Crippen LogP contribution in [0.5, 0.6) is 5.75 Å². The fourth-order valence-electron chi connectivity index (χ4n) is 2.18. The van der Waals surface area contributed by atoms with Crippen molar-refractivity contribution in [2.24, 2.45) is 0 Å². The predicted molar refractivity (Wildman–Crippen MR) is 88.4 cm³/mol. The lowest BCUT2D eigenvalue weighted by Gasteiger charge is -2.15. The number of benzene rings is 1. The van der Waals surface area contributed by atoms with Gasteiger partial charge in [-0.05, 0) is 43.7 Å². The molecule has 1 aliphatic carbocycles. The van der Waals surface area contributed by atoms with Crippen LogP contribution in [0.1, 0.15) is 12.8 Å². The van der Waals surface area contributed by atoms with Crippen LogP contribution in [-0.4, -0.2) is 24.2 Å². The van der Waals surface area contributed by atoms with E-state index in [1.165, 1.54) is 12.1 Å². The first kappa shape index (κ1) is 17.0. The molecule has 22 heavy (non-hydrogen) atoms. The van der Waals surface area contributed by atoms with Gasteiger partial charge in [0.2, 0.25) is 0 Å². The lowest BCUT2D eigenvalue weighted by molar-refractivity contribution is 0.259. The van der Waals surface area contributed by atoms with Crippen molar-refractivity contribution in [3.8, 4) is 16.9 Å². The molecule has 3 nitrogen and oxygen atoms in total. The molecule has 3 rings (SSSR count). The first-order chi connectivity index (χ1) is 10.1. The van der Waals surface area contributed by atoms with Gasteiger partial charge in [-0.1, -0.05) is 23.7 Å². The molecule has 1 heterocycles. The molecule has 0 spiro atoms. The molecule has 2 aromatic rings. The Morgan fingerprint density at radius 2 is 2.00 bits per heavy atom. The summed E-state index contributed by atoms with van der Waals surface area (Å²) in [6, 6.07) is 8.00. The van der Waals surface area contributed by atoms with Gasteiger partial charge in [0, 0.05) is 5.56 Å². The number of pyridine rings is 1. The molecule has 1 aromatic carbocycles. The Labute approximate surface area is 140 Å². The van der Waals surface area contributed by atoms with E-state index in [2.05, 4.69) is 10.3 Å². The van der Waals surface area contributed by atoms with E-state index < -0.39 is 0 Å². The fourth-order valence-corrected chi connectivity index (χ4v) is 2.39. The number of aromatic nitrogens is 1. The SMILES string of the molecule is CNC1(COc2cnc(Cl)c(-c3ccc(F)cc3)c2)CC1.Cl. The summed E-state index contributed by atoms with van der Waals surface area (Å²) in [7, 11) is 1.94. The quantitative estimate of drug-likeness (QED) is 0.831. The summed E-state index contributed by atoms with van der Waals surface area (Å²) in [6.07, 6.45) is 3.85. The smallest absolute Gasteiger partial charge is 0.138 e. The number of ether oxygens (including phenoxy) is 1. The average Bonchev–Trinajstić information content (AvgIpc) is 3.28. The van der Waals surface area contributed by atoms with Crippen molar-refractivity contribution in [2.45, 2.75) is 18.4 Å². The fraction of sp³-hybridized carbons (Fsp3) is 0.312.